The first-order valence-electron chi connectivity index (χ1n) is 9.35. The Balaban J connectivity index is 1.95. The van der Waals surface area contributed by atoms with E-state index >= 15 is 0 Å². The summed E-state index contributed by atoms with van der Waals surface area (Å²) in [6.07, 6.45) is 1.47. The molecular weight excluding hydrogens is 401 g/mol. The zero-order valence-corrected chi connectivity index (χ0v) is 16.7. The number of amides is 1. The first kappa shape index (κ1) is 20.1. The molecule has 0 fully saturated rings. The summed E-state index contributed by atoms with van der Waals surface area (Å²) in [6, 6.07) is 14.0. The Kier molecular flexibility index (Phi) is 5.12. The predicted octanol–water partition coefficient (Wildman–Crippen LogP) is 3.80. The van der Waals surface area contributed by atoms with Crippen molar-refractivity contribution in [3.05, 3.63) is 88.1 Å². The monoisotopic (exact) mass is 419 g/mol. The number of carbonyl (C=O) groups is 1. The van der Waals surface area contributed by atoms with E-state index in [9.17, 15) is 19.1 Å². The molecule has 8 heteroatoms. The molecule has 31 heavy (non-hydrogen) atoms. The molecule has 7 nitrogen and oxygen atoms in total. The predicted molar refractivity (Wildman–Crippen MR) is 115 cm³/mol. The third-order valence-corrected chi connectivity index (χ3v) is 4.82. The van der Waals surface area contributed by atoms with Gasteiger partial charge in [0.2, 0.25) is 0 Å². The van der Waals surface area contributed by atoms with E-state index < -0.39 is 28.6 Å². The maximum Gasteiger partial charge on any atom is 0.273 e. The minimum absolute atomic E-state index is 0.0944. The van der Waals surface area contributed by atoms with Gasteiger partial charge in [0, 0.05) is 12.3 Å². The van der Waals surface area contributed by atoms with E-state index in [4.69, 9.17) is 4.74 Å². The van der Waals surface area contributed by atoms with Crippen LogP contribution in [-0.2, 0) is 0 Å². The van der Waals surface area contributed by atoms with Crippen molar-refractivity contribution in [2.24, 2.45) is 0 Å². The minimum Gasteiger partial charge on any atom is -0.506 e. The van der Waals surface area contributed by atoms with E-state index in [1.54, 1.807) is 43.3 Å². The number of halogens is 1. The van der Waals surface area contributed by atoms with Crippen molar-refractivity contribution < 1.29 is 19.0 Å². The lowest BCUT2D eigenvalue weighted by Gasteiger charge is -2.15. The second-order valence-electron chi connectivity index (χ2n) is 6.88. The van der Waals surface area contributed by atoms with E-state index in [0.717, 1.165) is 5.56 Å². The number of ether oxygens (including phenoxy) is 1. The summed E-state index contributed by atoms with van der Waals surface area (Å²) < 4.78 is 20.6. The van der Waals surface area contributed by atoms with Crippen molar-refractivity contribution in [2.75, 3.05) is 12.4 Å². The normalized spacial score (nSPS) is 10.8. The Morgan fingerprint density at radius 2 is 1.97 bits per heavy atom. The second-order valence-corrected chi connectivity index (χ2v) is 6.88. The molecule has 0 unspecified atom stereocenters. The Bertz CT molecular complexity index is 1380. The third kappa shape index (κ3) is 3.59. The first-order chi connectivity index (χ1) is 14.9. The molecule has 2 N–H and O–H groups in total. The summed E-state index contributed by atoms with van der Waals surface area (Å²) in [5.41, 5.74) is -0.146. The Morgan fingerprint density at radius 3 is 2.74 bits per heavy atom. The number of hydrogen-bond donors (Lipinski definition) is 2. The number of nitrogens with one attached hydrogen (secondary N) is 1. The summed E-state index contributed by atoms with van der Waals surface area (Å²) in [5.74, 6) is -1.63. The largest absolute Gasteiger partial charge is 0.506 e. The molecule has 156 valence electrons. The SMILES string of the molecule is COc1cccc(-n2c(=O)c(C(=O)Nc3cc(C)ccc3F)c(O)c3cccnc32)c1. The van der Waals surface area contributed by atoms with Gasteiger partial charge in [-0.25, -0.2) is 9.37 Å². The minimum atomic E-state index is -0.936. The average Bonchev–Trinajstić information content (AvgIpc) is 2.76. The van der Waals surface area contributed by atoms with Crippen molar-refractivity contribution in [3.63, 3.8) is 0 Å². The second kappa shape index (κ2) is 7.91. The van der Waals surface area contributed by atoms with Crippen molar-refractivity contribution in [1.82, 2.24) is 9.55 Å². The van der Waals surface area contributed by atoms with Gasteiger partial charge in [0.15, 0.2) is 5.65 Å². The molecule has 2 aromatic carbocycles. The number of fused-ring (bicyclic) bond motifs is 1. The highest BCUT2D eigenvalue weighted by atomic mass is 19.1. The van der Waals surface area contributed by atoms with Crippen molar-refractivity contribution >= 4 is 22.6 Å². The first-order valence-corrected chi connectivity index (χ1v) is 9.35. The number of nitrogens with zero attached hydrogens (tertiary/aromatic N) is 2. The molecule has 0 atom stereocenters. The molecule has 0 aliphatic heterocycles. The summed E-state index contributed by atoms with van der Waals surface area (Å²) >= 11 is 0. The molecule has 0 spiro atoms. The third-order valence-electron chi connectivity index (χ3n) is 4.82. The zero-order chi connectivity index (χ0) is 22.1. The molecule has 4 aromatic rings. The molecule has 1 amide bonds. The Morgan fingerprint density at radius 1 is 1.16 bits per heavy atom. The van der Waals surface area contributed by atoms with E-state index in [0.29, 0.717) is 11.4 Å². The van der Waals surface area contributed by atoms with Crippen molar-refractivity contribution in [1.29, 1.82) is 0 Å². The summed E-state index contributed by atoms with van der Waals surface area (Å²) in [4.78, 5) is 30.5. The quantitative estimate of drug-likeness (QED) is 0.525. The smallest absolute Gasteiger partial charge is 0.273 e. The van der Waals surface area contributed by atoms with Crippen LogP contribution in [0.25, 0.3) is 16.7 Å². The molecule has 0 bridgehead atoms. The van der Waals surface area contributed by atoms with Gasteiger partial charge in [-0.15, -0.1) is 0 Å². The molecule has 4 rings (SSSR count). The number of aromatic nitrogens is 2. The number of benzene rings is 2. The topological polar surface area (TPSA) is 93.5 Å². The number of methoxy groups -OCH3 is 1. The van der Waals surface area contributed by atoms with Crippen LogP contribution in [0.15, 0.2) is 65.6 Å². The van der Waals surface area contributed by atoms with Crippen LogP contribution in [0.5, 0.6) is 11.5 Å². The number of anilines is 1. The van der Waals surface area contributed by atoms with E-state index in [2.05, 4.69) is 10.3 Å². The van der Waals surface area contributed by atoms with Gasteiger partial charge in [0.25, 0.3) is 11.5 Å². The number of aryl methyl sites for hydroxylation is 1. The van der Waals surface area contributed by atoms with E-state index in [-0.39, 0.29) is 16.7 Å². The van der Waals surface area contributed by atoms with Crippen LogP contribution in [0.3, 0.4) is 0 Å². The summed E-state index contributed by atoms with van der Waals surface area (Å²) in [7, 11) is 1.49. The highest BCUT2D eigenvalue weighted by Gasteiger charge is 2.24. The lowest BCUT2D eigenvalue weighted by molar-refractivity contribution is 0.102. The summed E-state index contributed by atoms with van der Waals surface area (Å²) in [6.45, 7) is 1.74. The van der Waals surface area contributed by atoms with E-state index in [1.807, 2.05) is 0 Å². The van der Waals surface area contributed by atoms with Gasteiger partial charge in [0.05, 0.1) is 23.9 Å². The molecule has 0 aliphatic carbocycles. The van der Waals surface area contributed by atoms with Crippen LogP contribution in [0.4, 0.5) is 10.1 Å². The summed E-state index contributed by atoms with van der Waals surface area (Å²) in [5, 5.41) is 13.3. The van der Waals surface area contributed by atoms with Crippen LogP contribution in [0.2, 0.25) is 0 Å². The molecule has 0 saturated heterocycles. The molecule has 2 heterocycles. The van der Waals surface area contributed by atoms with E-state index in [1.165, 1.54) is 36.1 Å². The van der Waals surface area contributed by atoms with Gasteiger partial charge < -0.3 is 15.2 Å². The van der Waals surface area contributed by atoms with Crippen LogP contribution >= 0.6 is 0 Å². The number of aromatic hydroxyl groups is 1. The van der Waals surface area contributed by atoms with Gasteiger partial charge in [-0.3, -0.25) is 14.2 Å². The van der Waals surface area contributed by atoms with Crippen molar-refractivity contribution in [2.45, 2.75) is 6.92 Å². The van der Waals surface area contributed by atoms with Crippen LogP contribution in [0.1, 0.15) is 15.9 Å². The fraction of sp³-hybridized carbons (Fsp3) is 0.0870. The average molecular weight is 419 g/mol. The maximum absolute atomic E-state index is 14.1. The molecule has 2 aromatic heterocycles. The molecular formula is C23H18FN3O4. The Hall–Kier alpha value is -4.20. The number of pyridine rings is 2. The lowest BCUT2D eigenvalue weighted by atomic mass is 10.1. The van der Waals surface area contributed by atoms with Gasteiger partial charge in [-0.2, -0.15) is 0 Å². The zero-order valence-electron chi connectivity index (χ0n) is 16.7. The van der Waals surface area contributed by atoms with Gasteiger partial charge >= 0.3 is 0 Å². The lowest BCUT2D eigenvalue weighted by Crippen LogP contribution is -2.29. The Labute approximate surface area is 176 Å². The van der Waals surface area contributed by atoms with Crippen molar-refractivity contribution in [3.8, 4) is 17.2 Å². The number of rotatable bonds is 4. The maximum atomic E-state index is 14.1. The standard InChI is InChI=1S/C23H18FN3O4/c1-13-8-9-17(24)18(11-13)26-22(29)19-20(28)16-7-4-10-25-21(16)27(23(19)30)14-5-3-6-15(12-14)31-2/h3-12,28H,1-2H3,(H,26,29). The van der Waals surface area contributed by atoms with Crippen LogP contribution < -0.4 is 15.6 Å². The fourth-order valence-electron chi connectivity index (χ4n) is 3.32. The van der Waals surface area contributed by atoms with Gasteiger partial charge in [-0.05, 0) is 48.9 Å². The highest BCUT2D eigenvalue weighted by molar-refractivity contribution is 6.09. The van der Waals surface area contributed by atoms with Crippen LogP contribution in [-0.4, -0.2) is 27.7 Å². The molecule has 0 saturated carbocycles. The molecule has 0 aliphatic rings. The number of hydrogen-bond acceptors (Lipinski definition) is 5. The molecule has 0 radical (unpaired) electrons. The fourth-order valence-corrected chi connectivity index (χ4v) is 3.32. The number of carbonyl (C=O) groups excluding carboxylic acids is 1. The van der Waals surface area contributed by atoms with Gasteiger partial charge in [-0.1, -0.05) is 12.1 Å². The highest BCUT2D eigenvalue weighted by Crippen LogP contribution is 2.28. The van der Waals surface area contributed by atoms with Gasteiger partial charge in [0.1, 0.15) is 22.9 Å². The van der Waals surface area contributed by atoms with Crippen LogP contribution in [0, 0.1) is 12.7 Å².